The normalized spacial score (nSPS) is 19.7. The predicted octanol–water partition coefficient (Wildman–Crippen LogP) is 3.21. The molecule has 0 radical (unpaired) electrons. The Hall–Kier alpha value is -2.86. The molecule has 0 N–H and O–H groups in total. The molecule has 2 aromatic carbocycles. The Morgan fingerprint density at radius 3 is 2.42 bits per heavy atom. The lowest BCUT2D eigenvalue weighted by atomic mass is 9.96. The van der Waals surface area contributed by atoms with Gasteiger partial charge >= 0.3 is 5.97 Å². The maximum Gasteiger partial charge on any atom is 0.338 e. The lowest BCUT2D eigenvalue weighted by Crippen LogP contribution is -2.44. The van der Waals surface area contributed by atoms with Crippen LogP contribution in [0.25, 0.3) is 0 Å². The Labute approximate surface area is 184 Å². The summed E-state index contributed by atoms with van der Waals surface area (Å²) in [5.74, 6) is -0.185. The van der Waals surface area contributed by atoms with Crippen molar-refractivity contribution in [1.82, 2.24) is 4.90 Å². The molecule has 0 spiro atoms. The monoisotopic (exact) mass is 421 g/mol. The van der Waals surface area contributed by atoms with Crippen LogP contribution in [0.2, 0.25) is 0 Å². The Morgan fingerprint density at radius 1 is 1.00 bits per heavy atom. The van der Waals surface area contributed by atoms with Crippen molar-refractivity contribution in [1.29, 1.82) is 0 Å². The predicted molar refractivity (Wildman–Crippen MR) is 123 cm³/mol. The number of nitrogens with zero attached hydrogens (tertiary/aromatic N) is 3. The third-order valence-corrected chi connectivity index (χ3v) is 6.31. The summed E-state index contributed by atoms with van der Waals surface area (Å²) in [5.41, 5.74) is 3.87. The van der Waals surface area contributed by atoms with Crippen molar-refractivity contribution in [2.45, 2.75) is 19.8 Å². The van der Waals surface area contributed by atoms with E-state index in [1.807, 2.05) is 17.0 Å². The van der Waals surface area contributed by atoms with Gasteiger partial charge in [0.15, 0.2) is 0 Å². The van der Waals surface area contributed by atoms with Gasteiger partial charge < -0.3 is 19.4 Å². The minimum Gasteiger partial charge on any atom is -0.462 e. The molecule has 6 heteroatoms. The number of esters is 1. The van der Waals surface area contributed by atoms with Crippen LogP contribution in [0, 0.1) is 5.92 Å². The molecule has 164 valence electrons. The fourth-order valence-corrected chi connectivity index (χ4v) is 4.48. The van der Waals surface area contributed by atoms with Crippen molar-refractivity contribution in [3.8, 4) is 0 Å². The van der Waals surface area contributed by atoms with Crippen LogP contribution in [0.4, 0.5) is 11.4 Å². The zero-order chi connectivity index (χ0) is 21.8. The quantitative estimate of drug-likeness (QED) is 0.671. The fraction of sp³-hybridized carbons (Fsp3) is 0.440. The number of likely N-dealkylation sites (N-methyl/N-ethyl adjacent to an activating group) is 1. The number of anilines is 2. The van der Waals surface area contributed by atoms with Gasteiger partial charge in [0.25, 0.3) is 0 Å². The molecule has 31 heavy (non-hydrogen) atoms. The summed E-state index contributed by atoms with van der Waals surface area (Å²) in [5, 5.41) is 0. The number of piperazine rings is 1. The van der Waals surface area contributed by atoms with Gasteiger partial charge in [0.2, 0.25) is 5.91 Å². The number of hydrogen-bond acceptors (Lipinski definition) is 5. The van der Waals surface area contributed by atoms with Gasteiger partial charge in [-0.05, 0) is 62.7 Å². The number of para-hydroxylation sites is 1. The lowest BCUT2D eigenvalue weighted by molar-refractivity contribution is -0.120. The first kappa shape index (κ1) is 21.4. The largest absolute Gasteiger partial charge is 0.462 e. The van der Waals surface area contributed by atoms with Crippen LogP contribution in [0.3, 0.4) is 0 Å². The van der Waals surface area contributed by atoms with E-state index in [9.17, 15) is 9.59 Å². The molecule has 2 aromatic rings. The second kappa shape index (κ2) is 9.52. The molecule has 2 heterocycles. The molecular weight excluding hydrogens is 390 g/mol. The molecular formula is C25H31N3O3. The number of hydrogen-bond donors (Lipinski definition) is 0. The maximum absolute atomic E-state index is 13.2. The third-order valence-electron chi connectivity index (χ3n) is 6.31. The number of benzene rings is 2. The Kier molecular flexibility index (Phi) is 6.56. The highest BCUT2D eigenvalue weighted by atomic mass is 16.5. The standard InChI is InChI=1S/C25H31N3O3/c1-3-31-25(30)19-8-10-22(11-9-19)28-13-12-21(24(28)29)18-20-6-4-5-7-23(20)27-16-14-26(2)15-17-27/h4-11,21H,3,12-18H2,1-2H3. The van der Waals surface area contributed by atoms with Gasteiger partial charge in [-0.25, -0.2) is 4.79 Å². The highest BCUT2D eigenvalue weighted by molar-refractivity contribution is 5.98. The van der Waals surface area contributed by atoms with Crippen molar-refractivity contribution in [3.05, 3.63) is 59.7 Å². The van der Waals surface area contributed by atoms with Crippen molar-refractivity contribution in [3.63, 3.8) is 0 Å². The second-order valence-corrected chi connectivity index (χ2v) is 8.37. The van der Waals surface area contributed by atoms with Crippen LogP contribution in [0.5, 0.6) is 0 Å². The highest BCUT2D eigenvalue weighted by Crippen LogP contribution is 2.31. The summed E-state index contributed by atoms with van der Waals surface area (Å²) < 4.78 is 5.04. The van der Waals surface area contributed by atoms with Crippen LogP contribution in [-0.2, 0) is 16.0 Å². The molecule has 1 unspecified atom stereocenters. The molecule has 6 nitrogen and oxygen atoms in total. The third kappa shape index (κ3) is 4.74. The van der Waals surface area contributed by atoms with Crippen molar-refractivity contribution in [2.24, 2.45) is 5.92 Å². The summed E-state index contributed by atoms with van der Waals surface area (Å²) in [4.78, 5) is 31.7. The van der Waals surface area contributed by atoms with Gasteiger partial charge in [-0.15, -0.1) is 0 Å². The molecule has 0 saturated carbocycles. The van der Waals surface area contributed by atoms with Gasteiger partial charge in [0.1, 0.15) is 0 Å². The van der Waals surface area contributed by atoms with E-state index in [1.165, 1.54) is 11.3 Å². The number of amides is 1. The van der Waals surface area contributed by atoms with Gasteiger partial charge in [0.05, 0.1) is 12.2 Å². The summed E-state index contributed by atoms with van der Waals surface area (Å²) in [6, 6.07) is 15.7. The van der Waals surface area contributed by atoms with Gasteiger partial charge in [-0.1, -0.05) is 18.2 Å². The van der Waals surface area contributed by atoms with E-state index in [0.29, 0.717) is 18.7 Å². The molecule has 2 aliphatic heterocycles. The average molecular weight is 422 g/mol. The van der Waals surface area contributed by atoms with Gasteiger partial charge in [-0.3, -0.25) is 4.79 Å². The lowest BCUT2D eigenvalue weighted by Gasteiger charge is -2.35. The van der Waals surface area contributed by atoms with E-state index >= 15 is 0 Å². The van der Waals surface area contributed by atoms with Crippen LogP contribution in [0.1, 0.15) is 29.3 Å². The molecule has 0 aliphatic carbocycles. The number of carbonyl (C=O) groups is 2. The molecule has 4 rings (SSSR count). The van der Waals surface area contributed by atoms with Crippen LogP contribution in [0.15, 0.2) is 48.5 Å². The molecule has 0 bridgehead atoms. The SMILES string of the molecule is CCOC(=O)c1ccc(N2CCC(Cc3ccccc3N3CCN(C)CC3)C2=O)cc1. The zero-order valence-electron chi connectivity index (χ0n) is 18.4. The van der Waals surface area contributed by atoms with E-state index in [1.54, 1.807) is 19.1 Å². The molecule has 1 amide bonds. The summed E-state index contributed by atoms with van der Waals surface area (Å²) in [7, 11) is 2.16. The maximum atomic E-state index is 13.2. The van der Waals surface area contributed by atoms with Crippen molar-refractivity contribution >= 4 is 23.3 Å². The first-order valence-electron chi connectivity index (χ1n) is 11.2. The van der Waals surface area contributed by atoms with Crippen LogP contribution < -0.4 is 9.80 Å². The average Bonchev–Trinajstić information content (AvgIpc) is 3.15. The van der Waals surface area contributed by atoms with E-state index in [4.69, 9.17) is 4.74 Å². The minimum absolute atomic E-state index is 0.0154. The Morgan fingerprint density at radius 2 is 1.71 bits per heavy atom. The number of rotatable bonds is 6. The van der Waals surface area contributed by atoms with Crippen LogP contribution >= 0.6 is 0 Å². The first-order chi connectivity index (χ1) is 15.1. The summed E-state index contributed by atoms with van der Waals surface area (Å²) in [6.07, 6.45) is 1.61. The second-order valence-electron chi connectivity index (χ2n) is 8.37. The first-order valence-corrected chi connectivity index (χ1v) is 11.2. The van der Waals surface area contributed by atoms with Gasteiger partial charge in [-0.2, -0.15) is 0 Å². The summed E-state index contributed by atoms with van der Waals surface area (Å²) in [6.45, 7) is 7.01. The van der Waals surface area contributed by atoms with Crippen molar-refractivity contribution < 1.29 is 14.3 Å². The van der Waals surface area contributed by atoms with Crippen LogP contribution in [-0.4, -0.2) is 63.2 Å². The molecule has 2 fully saturated rings. The number of carbonyl (C=O) groups excluding carboxylic acids is 2. The molecule has 2 aliphatic rings. The highest BCUT2D eigenvalue weighted by Gasteiger charge is 2.33. The zero-order valence-corrected chi connectivity index (χ0v) is 18.4. The molecule has 1 atom stereocenters. The topological polar surface area (TPSA) is 53.1 Å². The van der Waals surface area contributed by atoms with Crippen molar-refractivity contribution in [2.75, 3.05) is 56.2 Å². The van der Waals surface area contributed by atoms with E-state index < -0.39 is 0 Å². The minimum atomic E-state index is -0.333. The smallest absolute Gasteiger partial charge is 0.338 e. The Balaban J connectivity index is 1.44. The van der Waals surface area contributed by atoms with E-state index in [0.717, 1.165) is 44.7 Å². The fourth-order valence-electron chi connectivity index (χ4n) is 4.48. The molecule has 0 aromatic heterocycles. The summed E-state index contributed by atoms with van der Waals surface area (Å²) >= 11 is 0. The van der Waals surface area contributed by atoms with E-state index in [2.05, 4.69) is 41.1 Å². The van der Waals surface area contributed by atoms with Gasteiger partial charge in [0, 0.05) is 50.0 Å². The molecule has 2 saturated heterocycles. The van der Waals surface area contributed by atoms with E-state index in [-0.39, 0.29) is 17.8 Å². The number of ether oxygens (including phenoxy) is 1. The Bertz CT molecular complexity index is 920.